The van der Waals surface area contributed by atoms with E-state index in [2.05, 4.69) is 81.5 Å². The van der Waals surface area contributed by atoms with Gasteiger partial charge in [0, 0.05) is 35.3 Å². The second-order valence-corrected chi connectivity index (χ2v) is 12.0. The smallest absolute Gasteiger partial charge is 0.335 e. The molecule has 0 spiro atoms. The number of aryl methyl sites for hydroxylation is 2. The lowest BCUT2D eigenvalue weighted by Gasteiger charge is -2.28. The summed E-state index contributed by atoms with van der Waals surface area (Å²) in [6, 6.07) is 12.9. The Labute approximate surface area is 241 Å². The standard InChI is InChI=1S/C36H48N2O2/c1-7-8-21-38-23-33(25(4)19-20-37-24(2)3)32-16-12-15-31(35(32)38)27(6)34(28-13-10-9-11-14-28)30-18-17-29(36(39)40)22-26(30)5/h12,15-18,22-24,28,37H,4,7-11,13-14,19-21H2,1-3,5-6H3,(H,39,40)/b34-27+. The maximum atomic E-state index is 11.7. The highest BCUT2D eigenvalue weighted by molar-refractivity contribution is 6.04. The number of rotatable bonds is 12. The van der Waals surface area contributed by atoms with Gasteiger partial charge in [-0.15, -0.1) is 0 Å². The van der Waals surface area contributed by atoms with Crippen molar-refractivity contribution in [3.63, 3.8) is 0 Å². The molecule has 0 unspecified atom stereocenters. The van der Waals surface area contributed by atoms with Crippen molar-refractivity contribution in [2.24, 2.45) is 5.92 Å². The summed E-state index contributed by atoms with van der Waals surface area (Å²) in [5.74, 6) is -0.390. The molecule has 3 aromatic rings. The normalized spacial score (nSPS) is 15.1. The summed E-state index contributed by atoms with van der Waals surface area (Å²) >= 11 is 0. The molecule has 0 atom stereocenters. The van der Waals surface area contributed by atoms with Gasteiger partial charge in [-0.2, -0.15) is 0 Å². The molecule has 0 bridgehead atoms. The Hall–Kier alpha value is -3.11. The number of hydrogen-bond acceptors (Lipinski definition) is 2. The number of nitrogens with zero attached hydrogens (tertiary/aromatic N) is 1. The van der Waals surface area contributed by atoms with Crippen molar-refractivity contribution in [1.29, 1.82) is 0 Å². The van der Waals surface area contributed by atoms with Gasteiger partial charge in [-0.3, -0.25) is 0 Å². The predicted octanol–water partition coefficient (Wildman–Crippen LogP) is 9.36. The first-order valence-corrected chi connectivity index (χ1v) is 15.3. The lowest BCUT2D eigenvalue weighted by molar-refractivity contribution is 0.0696. The number of carboxylic acids is 1. The fourth-order valence-electron chi connectivity index (χ4n) is 6.46. The molecule has 1 aliphatic carbocycles. The van der Waals surface area contributed by atoms with E-state index in [-0.39, 0.29) is 0 Å². The summed E-state index contributed by atoms with van der Waals surface area (Å²) in [6.07, 6.45) is 11.7. The van der Waals surface area contributed by atoms with Gasteiger partial charge in [0.2, 0.25) is 0 Å². The molecule has 0 amide bonds. The van der Waals surface area contributed by atoms with E-state index in [0.717, 1.165) is 37.9 Å². The number of unbranched alkanes of at least 4 members (excludes halogenated alkanes) is 1. The van der Waals surface area contributed by atoms with Gasteiger partial charge in [0.1, 0.15) is 0 Å². The predicted molar refractivity (Wildman–Crippen MR) is 171 cm³/mol. The van der Waals surface area contributed by atoms with Crippen LogP contribution in [-0.2, 0) is 6.54 Å². The molecule has 4 nitrogen and oxygen atoms in total. The Bertz CT molecular complexity index is 1390. The number of fused-ring (bicyclic) bond motifs is 1. The van der Waals surface area contributed by atoms with Gasteiger partial charge < -0.3 is 15.0 Å². The number of carboxylic acid groups (broad SMARTS) is 1. The molecule has 2 N–H and O–H groups in total. The monoisotopic (exact) mass is 540 g/mol. The van der Waals surface area contributed by atoms with Crippen LogP contribution >= 0.6 is 0 Å². The fraction of sp³-hybridized carbons (Fsp3) is 0.472. The van der Waals surface area contributed by atoms with Crippen LogP contribution in [-0.4, -0.2) is 28.2 Å². The zero-order valence-corrected chi connectivity index (χ0v) is 25.3. The van der Waals surface area contributed by atoms with Crippen molar-refractivity contribution in [1.82, 2.24) is 9.88 Å². The van der Waals surface area contributed by atoms with Crippen molar-refractivity contribution < 1.29 is 9.90 Å². The molecule has 1 heterocycles. The van der Waals surface area contributed by atoms with Gasteiger partial charge in [-0.25, -0.2) is 4.79 Å². The van der Waals surface area contributed by atoms with Crippen molar-refractivity contribution in [3.8, 4) is 0 Å². The molecule has 1 aliphatic rings. The molecule has 4 heteroatoms. The SMILES string of the molecule is C=C(CCNC(C)C)c1cn(CCCC)c2c(/C(C)=C(/c3ccc(C(=O)O)cc3C)C3CCCCC3)cccc12. The molecular formula is C36H48N2O2. The number of aromatic nitrogens is 1. The van der Waals surface area contributed by atoms with Crippen LogP contribution in [0.25, 0.3) is 27.6 Å². The third-order valence-corrected chi connectivity index (χ3v) is 8.60. The van der Waals surface area contributed by atoms with E-state index in [1.807, 2.05) is 6.07 Å². The highest BCUT2D eigenvalue weighted by Crippen LogP contribution is 2.43. The van der Waals surface area contributed by atoms with Crippen molar-refractivity contribution >= 4 is 33.6 Å². The Balaban J connectivity index is 1.90. The third-order valence-electron chi connectivity index (χ3n) is 8.60. The topological polar surface area (TPSA) is 54.3 Å². The van der Waals surface area contributed by atoms with Crippen LogP contribution in [0.4, 0.5) is 0 Å². The lowest BCUT2D eigenvalue weighted by atomic mass is 9.76. The molecule has 1 saturated carbocycles. The summed E-state index contributed by atoms with van der Waals surface area (Å²) in [6.45, 7) is 17.4. The summed E-state index contributed by atoms with van der Waals surface area (Å²) < 4.78 is 2.47. The minimum Gasteiger partial charge on any atom is -0.478 e. The Morgan fingerprint density at radius 3 is 2.50 bits per heavy atom. The molecule has 4 rings (SSSR count). The highest BCUT2D eigenvalue weighted by Gasteiger charge is 2.25. The minimum absolute atomic E-state index is 0.354. The largest absolute Gasteiger partial charge is 0.478 e. The quantitative estimate of drug-likeness (QED) is 0.225. The van der Waals surface area contributed by atoms with E-state index in [4.69, 9.17) is 0 Å². The highest BCUT2D eigenvalue weighted by atomic mass is 16.4. The van der Waals surface area contributed by atoms with Crippen LogP contribution in [0, 0.1) is 12.8 Å². The van der Waals surface area contributed by atoms with Crippen LogP contribution in [0.15, 0.2) is 49.2 Å². The van der Waals surface area contributed by atoms with E-state index >= 15 is 0 Å². The van der Waals surface area contributed by atoms with Crippen LogP contribution in [0.3, 0.4) is 0 Å². The average Bonchev–Trinajstić information content (AvgIpc) is 3.32. The maximum Gasteiger partial charge on any atom is 0.335 e. The zero-order chi connectivity index (χ0) is 28.8. The van der Waals surface area contributed by atoms with E-state index in [9.17, 15) is 9.90 Å². The number of para-hydroxylation sites is 1. The van der Waals surface area contributed by atoms with Crippen LogP contribution in [0.2, 0.25) is 0 Å². The lowest BCUT2D eigenvalue weighted by Crippen LogP contribution is -2.23. The van der Waals surface area contributed by atoms with Crippen LogP contribution in [0.5, 0.6) is 0 Å². The van der Waals surface area contributed by atoms with E-state index in [1.165, 1.54) is 76.4 Å². The van der Waals surface area contributed by atoms with E-state index in [0.29, 0.717) is 17.5 Å². The van der Waals surface area contributed by atoms with Gasteiger partial charge in [-0.05, 0) is 92.0 Å². The minimum atomic E-state index is -0.871. The molecule has 0 aliphatic heterocycles. The average molecular weight is 541 g/mol. The summed E-state index contributed by atoms with van der Waals surface area (Å²) in [7, 11) is 0. The second-order valence-electron chi connectivity index (χ2n) is 12.0. The van der Waals surface area contributed by atoms with Crippen molar-refractivity contribution in [3.05, 3.63) is 77.0 Å². The van der Waals surface area contributed by atoms with Gasteiger partial charge in [0.05, 0.1) is 11.1 Å². The number of hydrogen-bond donors (Lipinski definition) is 2. The molecule has 1 fully saturated rings. The molecular weight excluding hydrogens is 492 g/mol. The molecule has 1 aromatic heterocycles. The molecule has 2 aromatic carbocycles. The van der Waals surface area contributed by atoms with Crippen molar-refractivity contribution in [2.75, 3.05) is 6.54 Å². The zero-order valence-electron chi connectivity index (χ0n) is 25.3. The first kappa shape index (κ1) is 29.9. The number of allylic oxidation sites excluding steroid dienone is 2. The van der Waals surface area contributed by atoms with E-state index < -0.39 is 5.97 Å². The van der Waals surface area contributed by atoms with Crippen LogP contribution < -0.4 is 5.32 Å². The number of aromatic carboxylic acids is 1. The summed E-state index contributed by atoms with van der Waals surface area (Å²) in [5.41, 5.74) is 10.3. The van der Waals surface area contributed by atoms with E-state index in [1.54, 1.807) is 6.07 Å². The summed E-state index contributed by atoms with van der Waals surface area (Å²) in [5, 5.41) is 14.4. The number of nitrogens with one attached hydrogen (secondary N) is 1. The van der Waals surface area contributed by atoms with Gasteiger partial charge in [0.25, 0.3) is 0 Å². The fourth-order valence-corrected chi connectivity index (χ4v) is 6.46. The Morgan fingerprint density at radius 2 is 1.85 bits per heavy atom. The van der Waals surface area contributed by atoms with Crippen LogP contribution in [0.1, 0.15) is 112 Å². The molecule has 214 valence electrons. The molecule has 0 radical (unpaired) electrons. The Morgan fingerprint density at radius 1 is 1.10 bits per heavy atom. The maximum absolute atomic E-state index is 11.7. The molecule has 0 saturated heterocycles. The number of benzene rings is 2. The van der Waals surface area contributed by atoms with Gasteiger partial charge >= 0.3 is 5.97 Å². The molecule has 40 heavy (non-hydrogen) atoms. The first-order chi connectivity index (χ1) is 19.2. The summed E-state index contributed by atoms with van der Waals surface area (Å²) in [4.78, 5) is 11.7. The Kier molecular flexibility index (Phi) is 10.1. The first-order valence-electron chi connectivity index (χ1n) is 15.3. The second kappa shape index (κ2) is 13.5. The number of carbonyl (C=O) groups is 1. The van der Waals surface area contributed by atoms with Gasteiger partial charge in [0.15, 0.2) is 0 Å². The van der Waals surface area contributed by atoms with Crippen molar-refractivity contribution in [2.45, 2.75) is 98.6 Å². The third kappa shape index (κ3) is 6.61. The van der Waals surface area contributed by atoms with Gasteiger partial charge in [-0.1, -0.05) is 77.3 Å².